The molecule has 1 aliphatic rings. The maximum Gasteiger partial charge on any atom is 0.417 e. The molecule has 0 spiro atoms. The van der Waals surface area contributed by atoms with Gasteiger partial charge in [0.15, 0.2) is 0 Å². The van der Waals surface area contributed by atoms with Gasteiger partial charge in [0.1, 0.15) is 18.5 Å². The van der Waals surface area contributed by atoms with Gasteiger partial charge in [-0.15, -0.1) is 0 Å². The Labute approximate surface area is 143 Å². The Kier molecular flexibility index (Phi) is 4.62. The standard InChI is InChI=1S/C18H13ClFNO3/c19-14-8-6-12(10-15(14)20)7-9-17(22)21-16(11-24-18(21)23)13-4-2-1-3-5-13/h1-10,16H,11H2/b9-7+/t16-/m1/s1. The summed E-state index contributed by atoms with van der Waals surface area (Å²) in [7, 11) is 0. The van der Waals surface area contributed by atoms with Crippen LogP contribution in [0.5, 0.6) is 0 Å². The highest BCUT2D eigenvalue weighted by molar-refractivity contribution is 6.30. The Morgan fingerprint density at radius 3 is 2.71 bits per heavy atom. The molecule has 2 amide bonds. The minimum Gasteiger partial charge on any atom is -0.446 e. The molecule has 0 saturated carbocycles. The summed E-state index contributed by atoms with van der Waals surface area (Å²) in [6, 6.07) is 12.9. The molecule has 1 fully saturated rings. The lowest BCUT2D eigenvalue weighted by Crippen LogP contribution is -2.32. The van der Waals surface area contributed by atoms with Crippen molar-refractivity contribution in [3.63, 3.8) is 0 Å². The number of carbonyl (C=O) groups excluding carboxylic acids is 2. The number of benzene rings is 2. The SMILES string of the molecule is O=C(/C=C/c1ccc(Cl)c(F)c1)N1C(=O)OC[C@@H]1c1ccccc1. The molecular formula is C18H13ClFNO3. The molecule has 4 nitrogen and oxygen atoms in total. The van der Waals surface area contributed by atoms with E-state index in [4.69, 9.17) is 16.3 Å². The lowest BCUT2D eigenvalue weighted by atomic mass is 10.1. The second kappa shape index (κ2) is 6.84. The van der Waals surface area contributed by atoms with Gasteiger partial charge in [0.25, 0.3) is 5.91 Å². The molecule has 122 valence electrons. The molecule has 0 N–H and O–H groups in total. The van der Waals surface area contributed by atoms with Crippen molar-refractivity contribution in [1.29, 1.82) is 0 Å². The van der Waals surface area contributed by atoms with Gasteiger partial charge in [-0.05, 0) is 29.3 Å². The second-order valence-corrected chi connectivity index (χ2v) is 5.63. The first-order chi connectivity index (χ1) is 11.6. The van der Waals surface area contributed by atoms with Crippen molar-refractivity contribution < 1.29 is 18.7 Å². The molecule has 0 unspecified atom stereocenters. The summed E-state index contributed by atoms with van der Waals surface area (Å²) in [6.45, 7) is 0.109. The minimum absolute atomic E-state index is 0.00531. The first-order valence-electron chi connectivity index (χ1n) is 7.24. The molecule has 2 aromatic carbocycles. The van der Waals surface area contributed by atoms with Crippen LogP contribution >= 0.6 is 11.6 Å². The average molecular weight is 346 g/mol. The summed E-state index contributed by atoms with van der Waals surface area (Å²) in [5.74, 6) is -1.10. The van der Waals surface area contributed by atoms with Gasteiger partial charge in [-0.2, -0.15) is 0 Å². The maximum atomic E-state index is 13.4. The number of imide groups is 1. The third-order valence-electron chi connectivity index (χ3n) is 3.66. The third kappa shape index (κ3) is 3.31. The normalized spacial score (nSPS) is 17.3. The van der Waals surface area contributed by atoms with E-state index in [-0.39, 0.29) is 11.6 Å². The number of rotatable bonds is 3. The summed E-state index contributed by atoms with van der Waals surface area (Å²) in [5.41, 5.74) is 1.27. The Balaban J connectivity index is 1.80. The number of hydrogen-bond donors (Lipinski definition) is 0. The predicted molar refractivity (Wildman–Crippen MR) is 87.8 cm³/mol. The van der Waals surface area contributed by atoms with Crippen molar-refractivity contribution in [2.24, 2.45) is 0 Å². The van der Waals surface area contributed by atoms with Crippen LogP contribution in [0.15, 0.2) is 54.6 Å². The van der Waals surface area contributed by atoms with Crippen LogP contribution in [-0.4, -0.2) is 23.5 Å². The summed E-state index contributed by atoms with van der Waals surface area (Å²) >= 11 is 5.62. The van der Waals surface area contributed by atoms with Crippen LogP contribution < -0.4 is 0 Å². The van der Waals surface area contributed by atoms with Crippen LogP contribution in [-0.2, 0) is 9.53 Å². The number of ether oxygens (including phenoxy) is 1. The van der Waals surface area contributed by atoms with Gasteiger partial charge < -0.3 is 4.74 Å². The smallest absolute Gasteiger partial charge is 0.417 e. The van der Waals surface area contributed by atoms with Crippen LogP contribution in [0, 0.1) is 5.82 Å². The van der Waals surface area contributed by atoms with Crippen LogP contribution in [0.2, 0.25) is 5.02 Å². The molecule has 0 aliphatic carbocycles. The number of halogens is 2. The molecular weight excluding hydrogens is 333 g/mol. The van der Waals surface area contributed by atoms with Gasteiger partial charge >= 0.3 is 6.09 Å². The molecule has 0 radical (unpaired) electrons. The van der Waals surface area contributed by atoms with E-state index in [0.29, 0.717) is 5.56 Å². The Morgan fingerprint density at radius 1 is 1.25 bits per heavy atom. The van der Waals surface area contributed by atoms with E-state index < -0.39 is 23.9 Å². The van der Waals surface area contributed by atoms with E-state index in [1.54, 1.807) is 6.07 Å². The van der Waals surface area contributed by atoms with Crippen molar-refractivity contribution >= 4 is 29.7 Å². The maximum absolute atomic E-state index is 13.4. The largest absolute Gasteiger partial charge is 0.446 e. The van der Waals surface area contributed by atoms with Gasteiger partial charge in [-0.25, -0.2) is 14.1 Å². The zero-order valence-electron chi connectivity index (χ0n) is 12.5. The molecule has 6 heteroatoms. The van der Waals surface area contributed by atoms with Crippen LogP contribution in [0.25, 0.3) is 6.08 Å². The molecule has 1 aliphatic heterocycles. The topological polar surface area (TPSA) is 46.6 Å². The molecule has 3 rings (SSSR count). The highest BCUT2D eigenvalue weighted by Gasteiger charge is 2.37. The lowest BCUT2D eigenvalue weighted by Gasteiger charge is -2.18. The highest BCUT2D eigenvalue weighted by Crippen LogP contribution is 2.28. The first kappa shape index (κ1) is 16.2. The third-order valence-corrected chi connectivity index (χ3v) is 3.96. The van der Waals surface area contributed by atoms with Gasteiger partial charge in [0.05, 0.1) is 5.02 Å². The fourth-order valence-electron chi connectivity index (χ4n) is 2.45. The van der Waals surface area contributed by atoms with E-state index in [1.807, 2.05) is 30.3 Å². The van der Waals surface area contributed by atoms with Crippen molar-refractivity contribution in [3.8, 4) is 0 Å². The Bertz CT molecular complexity index is 807. The summed E-state index contributed by atoms with van der Waals surface area (Å²) in [5, 5.41) is 0.00531. The van der Waals surface area contributed by atoms with Crippen molar-refractivity contribution in [1.82, 2.24) is 4.90 Å². The van der Waals surface area contributed by atoms with Crippen LogP contribution in [0.3, 0.4) is 0 Å². The highest BCUT2D eigenvalue weighted by atomic mass is 35.5. The zero-order chi connectivity index (χ0) is 17.1. The van der Waals surface area contributed by atoms with Crippen LogP contribution in [0.4, 0.5) is 9.18 Å². The zero-order valence-corrected chi connectivity index (χ0v) is 13.2. The first-order valence-corrected chi connectivity index (χ1v) is 7.62. The number of nitrogens with zero attached hydrogens (tertiary/aromatic N) is 1. The Morgan fingerprint density at radius 2 is 2.00 bits per heavy atom. The van der Waals surface area contributed by atoms with Gasteiger partial charge in [-0.1, -0.05) is 48.0 Å². The van der Waals surface area contributed by atoms with Gasteiger partial charge in [0.2, 0.25) is 0 Å². The molecule has 2 aromatic rings. The van der Waals surface area contributed by atoms with Crippen molar-refractivity contribution in [2.45, 2.75) is 6.04 Å². The number of hydrogen-bond acceptors (Lipinski definition) is 3. The number of cyclic esters (lactones) is 1. The summed E-state index contributed by atoms with van der Waals surface area (Å²) in [6.07, 6.45) is 1.95. The fraction of sp³-hybridized carbons (Fsp3) is 0.111. The van der Waals surface area contributed by atoms with E-state index in [2.05, 4.69) is 0 Å². The minimum atomic E-state index is -0.694. The summed E-state index contributed by atoms with van der Waals surface area (Å²) < 4.78 is 18.4. The van der Waals surface area contributed by atoms with E-state index in [9.17, 15) is 14.0 Å². The molecule has 1 heterocycles. The van der Waals surface area contributed by atoms with Crippen LogP contribution in [0.1, 0.15) is 17.2 Å². The number of carbonyl (C=O) groups is 2. The van der Waals surface area contributed by atoms with Gasteiger partial charge in [0, 0.05) is 6.08 Å². The molecule has 0 aromatic heterocycles. The monoisotopic (exact) mass is 345 g/mol. The Hall–Kier alpha value is -2.66. The van der Waals surface area contributed by atoms with E-state index in [0.717, 1.165) is 10.5 Å². The molecule has 1 saturated heterocycles. The fourth-order valence-corrected chi connectivity index (χ4v) is 2.57. The van der Waals surface area contributed by atoms with Crippen molar-refractivity contribution in [2.75, 3.05) is 6.61 Å². The molecule has 1 atom stereocenters. The second-order valence-electron chi connectivity index (χ2n) is 5.22. The number of amides is 2. The summed E-state index contributed by atoms with van der Waals surface area (Å²) in [4.78, 5) is 25.3. The van der Waals surface area contributed by atoms with Gasteiger partial charge in [-0.3, -0.25) is 4.79 Å². The lowest BCUT2D eigenvalue weighted by molar-refractivity contribution is -0.124. The van der Waals surface area contributed by atoms with E-state index >= 15 is 0 Å². The quantitative estimate of drug-likeness (QED) is 0.783. The molecule has 24 heavy (non-hydrogen) atoms. The average Bonchev–Trinajstić information content (AvgIpc) is 2.98. The van der Waals surface area contributed by atoms with E-state index in [1.165, 1.54) is 24.3 Å². The van der Waals surface area contributed by atoms with Crippen molar-refractivity contribution in [3.05, 3.63) is 76.6 Å². The predicted octanol–water partition coefficient (Wildman–Crippen LogP) is 4.21. The molecule has 0 bridgehead atoms.